The van der Waals surface area contributed by atoms with Gasteiger partial charge in [0, 0.05) is 24.7 Å². The largest absolute Gasteiger partial charge is 0.494 e. The fourth-order valence-electron chi connectivity index (χ4n) is 3.92. The van der Waals surface area contributed by atoms with Crippen molar-refractivity contribution >= 4 is 22.7 Å². The summed E-state index contributed by atoms with van der Waals surface area (Å²) in [5.74, 6) is 1.43. The summed E-state index contributed by atoms with van der Waals surface area (Å²) < 4.78 is 13.0. The number of nitriles is 1. The number of amides is 1. The lowest BCUT2D eigenvalue weighted by Gasteiger charge is -2.17. The van der Waals surface area contributed by atoms with Crippen LogP contribution in [0.25, 0.3) is 22.2 Å². The molecule has 1 aliphatic carbocycles. The van der Waals surface area contributed by atoms with E-state index in [9.17, 15) is 10.1 Å². The zero-order valence-corrected chi connectivity index (χ0v) is 18.2. The van der Waals surface area contributed by atoms with Gasteiger partial charge in [-0.3, -0.25) is 4.90 Å². The lowest BCUT2D eigenvalue weighted by molar-refractivity contribution is 0.161. The molecule has 160 valence electrons. The molecule has 3 aromatic rings. The predicted octanol–water partition coefficient (Wildman–Crippen LogP) is 5.58. The second-order valence-corrected chi connectivity index (χ2v) is 7.81. The number of carbonyl (C=O) groups excluding carboxylic acids is 1. The highest BCUT2D eigenvalue weighted by molar-refractivity contribution is 5.96. The topological polar surface area (TPSA) is 67.5 Å². The molecule has 0 spiro atoms. The Balaban J connectivity index is 1.80. The molecule has 0 aliphatic heterocycles. The van der Waals surface area contributed by atoms with E-state index >= 15 is 0 Å². The van der Waals surface area contributed by atoms with Crippen LogP contribution in [0.1, 0.15) is 32.3 Å². The highest BCUT2D eigenvalue weighted by atomic mass is 16.6. The van der Waals surface area contributed by atoms with Crippen LogP contribution in [0.4, 0.5) is 10.5 Å². The third kappa shape index (κ3) is 4.09. The van der Waals surface area contributed by atoms with Gasteiger partial charge in [0.15, 0.2) is 0 Å². The molecule has 0 N–H and O–H groups in total. The second kappa shape index (κ2) is 8.73. The number of rotatable bonds is 7. The molecule has 0 atom stereocenters. The Hall–Kier alpha value is -3.46. The van der Waals surface area contributed by atoms with E-state index in [-0.39, 0.29) is 6.09 Å². The van der Waals surface area contributed by atoms with Crippen molar-refractivity contribution in [1.29, 1.82) is 5.26 Å². The SMILES string of the molecule is CCOC(=O)N(C)c1ccc(-c2c(C#N)c3cc(OCC)ccc3n2CC2CC2)cc1. The van der Waals surface area contributed by atoms with E-state index in [0.717, 1.165) is 40.1 Å². The Labute approximate surface area is 182 Å². The summed E-state index contributed by atoms with van der Waals surface area (Å²) in [6.07, 6.45) is 2.06. The number of fused-ring (bicyclic) bond motifs is 1. The summed E-state index contributed by atoms with van der Waals surface area (Å²) in [6, 6.07) is 16.1. The van der Waals surface area contributed by atoms with Gasteiger partial charge in [-0.05, 0) is 68.5 Å². The number of carbonyl (C=O) groups is 1. The molecule has 31 heavy (non-hydrogen) atoms. The van der Waals surface area contributed by atoms with Crippen molar-refractivity contribution in [3.05, 3.63) is 48.0 Å². The van der Waals surface area contributed by atoms with Crippen molar-refractivity contribution in [2.45, 2.75) is 33.2 Å². The normalized spacial score (nSPS) is 13.1. The van der Waals surface area contributed by atoms with Gasteiger partial charge in [-0.1, -0.05) is 12.1 Å². The fourth-order valence-corrected chi connectivity index (χ4v) is 3.92. The van der Waals surface area contributed by atoms with Crippen molar-refractivity contribution in [3.63, 3.8) is 0 Å². The van der Waals surface area contributed by atoms with Crippen LogP contribution < -0.4 is 9.64 Å². The third-order valence-corrected chi connectivity index (χ3v) is 5.67. The lowest BCUT2D eigenvalue weighted by atomic mass is 10.1. The average molecular weight is 418 g/mol. The van der Waals surface area contributed by atoms with E-state index in [1.54, 1.807) is 14.0 Å². The summed E-state index contributed by atoms with van der Waals surface area (Å²) in [4.78, 5) is 13.5. The van der Waals surface area contributed by atoms with Gasteiger partial charge in [-0.15, -0.1) is 0 Å². The van der Waals surface area contributed by atoms with E-state index in [4.69, 9.17) is 9.47 Å². The first-order valence-electron chi connectivity index (χ1n) is 10.8. The second-order valence-electron chi connectivity index (χ2n) is 7.81. The Morgan fingerprint density at radius 3 is 2.52 bits per heavy atom. The third-order valence-electron chi connectivity index (χ3n) is 5.67. The van der Waals surface area contributed by atoms with Crippen molar-refractivity contribution in [3.8, 4) is 23.1 Å². The summed E-state index contributed by atoms with van der Waals surface area (Å²) in [7, 11) is 1.69. The van der Waals surface area contributed by atoms with Crippen LogP contribution in [0, 0.1) is 17.2 Å². The van der Waals surface area contributed by atoms with Gasteiger partial charge in [0.2, 0.25) is 0 Å². The number of benzene rings is 2. The highest BCUT2D eigenvalue weighted by Gasteiger charge is 2.26. The maximum absolute atomic E-state index is 12.0. The minimum atomic E-state index is -0.390. The first-order chi connectivity index (χ1) is 15.1. The van der Waals surface area contributed by atoms with Gasteiger partial charge in [-0.2, -0.15) is 5.26 Å². The summed E-state index contributed by atoms with van der Waals surface area (Å²) >= 11 is 0. The molecule has 1 amide bonds. The minimum absolute atomic E-state index is 0.331. The molecular weight excluding hydrogens is 390 g/mol. The lowest BCUT2D eigenvalue weighted by Crippen LogP contribution is -2.26. The maximum Gasteiger partial charge on any atom is 0.413 e. The van der Waals surface area contributed by atoms with Crippen LogP contribution in [-0.4, -0.2) is 30.9 Å². The van der Waals surface area contributed by atoms with E-state index in [1.807, 2.05) is 43.3 Å². The van der Waals surface area contributed by atoms with Crippen molar-refractivity contribution in [1.82, 2.24) is 4.57 Å². The molecule has 4 rings (SSSR count). The fraction of sp³-hybridized carbons (Fsp3) is 0.360. The Kier molecular flexibility index (Phi) is 5.85. The van der Waals surface area contributed by atoms with Gasteiger partial charge >= 0.3 is 6.09 Å². The number of hydrogen-bond acceptors (Lipinski definition) is 4. The van der Waals surface area contributed by atoms with Crippen molar-refractivity contribution in [2.75, 3.05) is 25.2 Å². The van der Waals surface area contributed by atoms with Gasteiger partial charge in [0.25, 0.3) is 0 Å². The molecule has 1 aliphatic rings. The standard InChI is InChI=1S/C25H27N3O3/c1-4-30-20-12-13-23-21(14-20)22(15-26)24(28(23)16-17-6-7-17)18-8-10-19(11-9-18)27(3)25(29)31-5-2/h8-14,17H,4-7,16H2,1-3H3. The molecule has 0 radical (unpaired) electrons. The number of anilines is 1. The van der Waals surface area contributed by atoms with E-state index in [2.05, 4.69) is 16.7 Å². The molecule has 6 heteroatoms. The van der Waals surface area contributed by atoms with Crippen LogP contribution in [0.5, 0.6) is 5.75 Å². The maximum atomic E-state index is 12.0. The predicted molar refractivity (Wildman–Crippen MR) is 121 cm³/mol. The molecule has 1 heterocycles. The van der Waals surface area contributed by atoms with Crippen LogP contribution in [0.15, 0.2) is 42.5 Å². The molecule has 1 aromatic heterocycles. The molecule has 0 unspecified atom stereocenters. The molecule has 6 nitrogen and oxygen atoms in total. The van der Waals surface area contributed by atoms with Gasteiger partial charge < -0.3 is 14.0 Å². The van der Waals surface area contributed by atoms with Gasteiger partial charge in [-0.25, -0.2) is 4.79 Å². The monoisotopic (exact) mass is 417 g/mol. The average Bonchev–Trinajstić information content (AvgIpc) is 3.55. The molecule has 1 fully saturated rings. The van der Waals surface area contributed by atoms with Crippen molar-refractivity contribution < 1.29 is 14.3 Å². The first kappa shape index (κ1) is 20.8. The van der Waals surface area contributed by atoms with Crippen molar-refractivity contribution in [2.24, 2.45) is 5.92 Å². The molecule has 2 aromatic carbocycles. The summed E-state index contributed by atoms with van der Waals surface area (Å²) in [5, 5.41) is 11.0. The number of hydrogen-bond donors (Lipinski definition) is 0. The van der Waals surface area contributed by atoms with Crippen LogP contribution in [0.3, 0.4) is 0 Å². The minimum Gasteiger partial charge on any atom is -0.494 e. The Morgan fingerprint density at radius 1 is 1.16 bits per heavy atom. The van der Waals surface area contributed by atoms with Crippen LogP contribution >= 0.6 is 0 Å². The van der Waals surface area contributed by atoms with Crippen LogP contribution in [0.2, 0.25) is 0 Å². The van der Waals surface area contributed by atoms with E-state index in [0.29, 0.717) is 24.7 Å². The summed E-state index contributed by atoms with van der Waals surface area (Å²) in [5.41, 5.74) is 4.32. The quantitative estimate of drug-likeness (QED) is 0.503. The van der Waals surface area contributed by atoms with E-state index in [1.165, 1.54) is 17.7 Å². The smallest absolute Gasteiger partial charge is 0.413 e. The van der Waals surface area contributed by atoms with E-state index < -0.39 is 0 Å². The summed E-state index contributed by atoms with van der Waals surface area (Å²) in [6.45, 7) is 5.55. The zero-order valence-electron chi connectivity index (χ0n) is 18.2. The molecule has 0 saturated heterocycles. The Bertz CT molecular complexity index is 1140. The van der Waals surface area contributed by atoms with Gasteiger partial charge in [0.1, 0.15) is 11.8 Å². The van der Waals surface area contributed by atoms with Crippen LogP contribution in [-0.2, 0) is 11.3 Å². The molecular formula is C25H27N3O3. The zero-order chi connectivity index (χ0) is 22.0. The van der Waals surface area contributed by atoms with Gasteiger partial charge in [0.05, 0.1) is 30.0 Å². The number of aromatic nitrogens is 1. The number of ether oxygens (including phenoxy) is 2. The first-order valence-corrected chi connectivity index (χ1v) is 10.8. The number of nitrogens with zero attached hydrogens (tertiary/aromatic N) is 3. The molecule has 1 saturated carbocycles. The highest BCUT2D eigenvalue weighted by Crippen LogP contribution is 2.39. The Morgan fingerprint density at radius 2 is 1.90 bits per heavy atom. The molecule has 0 bridgehead atoms.